The van der Waals surface area contributed by atoms with Gasteiger partial charge in [0.15, 0.2) is 0 Å². The summed E-state index contributed by atoms with van der Waals surface area (Å²) in [4.78, 5) is 12.7. The molecule has 0 aromatic carbocycles. The molecule has 1 rings (SSSR count). The molecule has 1 aliphatic rings. The van der Waals surface area contributed by atoms with Crippen LogP contribution >= 0.6 is 0 Å². The van der Waals surface area contributed by atoms with Crippen LogP contribution in [-0.2, 0) is 0 Å². The van der Waals surface area contributed by atoms with E-state index in [4.69, 9.17) is 5.11 Å². The summed E-state index contributed by atoms with van der Waals surface area (Å²) < 4.78 is 0. The van der Waals surface area contributed by atoms with Crippen LogP contribution in [0.25, 0.3) is 0 Å². The maximum Gasteiger partial charge on any atom is 0.407 e. The van der Waals surface area contributed by atoms with Crippen LogP contribution in [0.15, 0.2) is 0 Å². The maximum absolute atomic E-state index is 11.1. The van der Waals surface area contributed by atoms with Gasteiger partial charge in [-0.25, -0.2) is 4.79 Å². The molecule has 0 aliphatic carbocycles. The van der Waals surface area contributed by atoms with E-state index in [0.29, 0.717) is 6.54 Å². The van der Waals surface area contributed by atoms with Gasteiger partial charge in [-0.1, -0.05) is 20.8 Å². The average Bonchev–Trinajstić information content (AvgIpc) is 2.02. The molecular formula is C10H20N2O2. The van der Waals surface area contributed by atoms with Crippen LogP contribution in [0.3, 0.4) is 0 Å². The van der Waals surface area contributed by atoms with Crippen molar-refractivity contribution in [3.05, 3.63) is 0 Å². The molecule has 0 aromatic rings. The number of amides is 1. The highest BCUT2D eigenvalue weighted by molar-refractivity contribution is 5.66. The zero-order valence-corrected chi connectivity index (χ0v) is 9.42. The molecule has 0 aromatic heterocycles. The van der Waals surface area contributed by atoms with Crippen LogP contribution < -0.4 is 5.32 Å². The van der Waals surface area contributed by atoms with Crippen molar-refractivity contribution in [3.8, 4) is 0 Å². The highest BCUT2D eigenvalue weighted by Gasteiger charge is 2.46. The van der Waals surface area contributed by atoms with E-state index in [2.05, 4.69) is 26.1 Å². The van der Waals surface area contributed by atoms with Gasteiger partial charge in [-0.15, -0.1) is 0 Å². The van der Waals surface area contributed by atoms with Gasteiger partial charge < -0.3 is 10.4 Å². The maximum atomic E-state index is 11.1. The third-order valence-corrected chi connectivity index (χ3v) is 3.42. The molecule has 0 bridgehead atoms. The number of hydrogen-bond acceptors (Lipinski definition) is 2. The normalized spacial score (nSPS) is 29.0. The van der Waals surface area contributed by atoms with Gasteiger partial charge in [0.25, 0.3) is 0 Å². The van der Waals surface area contributed by atoms with Crippen molar-refractivity contribution >= 4 is 6.09 Å². The van der Waals surface area contributed by atoms with Gasteiger partial charge in [-0.05, 0) is 12.3 Å². The van der Waals surface area contributed by atoms with E-state index < -0.39 is 6.09 Å². The highest BCUT2D eigenvalue weighted by Crippen LogP contribution is 2.36. The zero-order valence-electron chi connectivity index (χ0n) is 9.42. The van der Waals surface area contributed by atoms with E-state index in [9.17, 15) is 4.79 Å². The molecule has 0 spiro atoms. The highest BCUT2D eigenvalue weighted by atomic mass is 16.4. The predicted octanol–water partition coefficient (Wildman–Crippen LogP) is 1.37. The summed E-state index contributed by atoms with van der Waals surface area (Å²) in [5.41, 5.74) is -0.379. The molecule has 1 fully saturated rings. The molecular weight excluding hydrogens is 180 g/mol. The molecule has 1 amide bonds. The molecule has 0 radical (unpaired) electrons. The lowest BCUT2D eigenvalue weighted by molar-refractivity contribution is -0.00102. The van der Waals surface area contributed by atoms with Crippen molar-refractivity contribution in [2.24, 2.45) is 5.41 Å². The van der Waals surface area contributed by atoms with E-state index in [1.807, 2.05) is 6.92 Å². The third-order valence-electron chi connectivity index (χ3n) is 3.42. The van der Waals surface area contributed by atoms with Crippen LogP contribution in [-0.4, -0.2) is 41.3 Å². The van der Waals surface area contributed by atoms with Crippen LogP contribution in [0.1, 0.15) is 27.7 Å². The lowest BCUT2D eigenvalue weighted by Crippen LogP contribution is -2.66. The number of hydrogen-bond donors (Lipinski definition) is 2. The summed E-state index contributed by atoms with van der Waals surface area (Å²) in [6.45, 7) is 10.3. The van der Waals surface area contributed by atoms with Crippen molar-refractivity contribution in [2.45, 2.75) is 33.2 Å². The SMILES string of the molecule is CC(C)(C)[C@@]1(C)CNCCN1C(=O)O. The Labute approximate surface area is 85.3 Å². The minimum absolute atomic E-state index is 0.0567. The van der Waals surface area contributed by atoms with Crippen LogP contribution in [0.5, 0.6) is 0 Å². The Kier molecular flexibility index (Phi) is 2.76. The standard InChI is InChI=1S/C10H20N2O2/c1-9(2,3)10(4)7-11-5-6-12(10)8(13)14/h11H,5-7H2,1-4H3,(H,13,14)/t10-/m1/s1. The van der Waals surface area contributed by atoms with Gasteiger partial charge in [-0.2, -0.15) is 0 Å². The van der Waals surface area contributed by atoms with Gasteiger partial charge in [-0.3, -0.25) is 4.90 Å². The smallest absolute Gasteiger partial charge is 0.407 e. The quantitative estimate of drug-likeness (QED) is 0.621. The number of nitrogens with one attached hydrogen (secondary N) is 1. The van der Waals surface area contributed by atoms with Crippen molar-refractivity contribution in [3.63, 3.8) is 0 Å². The molecule has 1 heterocycles. The first-order chi connectivity index (χ1) is 6.29. The monoisotopic (exact) mass is 200 g/mol. The largest absolute Gasteiger partial charge is 0.465 e. The molecule has 4 nitrogen and oxygen atoms in total. The first-order valence-corrected chi connectivity index (χ1v) is 5.00. The molecule has 14 heavy (non-hydrogen) atoms. The van der Waals surface area contributed by atoms with E-state index in [-0.39, 0.29) is 11.0 Å². The summed E-state index contributed by atoms with van der Waals surface area (Å²) in [5.74, 6) is 0. The van der Waals surface area contributed by atoms with Crippen LogP contribution in [0.2, 0.25) is 0 Å². The van der Waals surface area contributed by atoms with E-state index in [0.717, 1.165) is 13.1 Å². The fourth-order valence-corrected chi connectivity index (χ4v) is 1.84. The summed E-state index contributed by atoms with van der Waals surface area (Å²) in [6.07, 6.45) is -0.816. The van der Waals surface area contributed by atoms with Gasteiger partial charge in [0.1, 0.15) is 0 Å². The Bertz CT molecular complexity index is 235. The van der Waals surface area contributed by atoms with Crippen LogP contribution in [0, 0.1) is 5.41 Å². The summed E-state index contributed by atoms with van der Waals surface area (Å²) >= 11 is 0. The molecule has 0 saturated carbocycles. The predicted molar refractivity (Wildman–Crippen MR) is 55.5 cm³/mol. The van der Waals surface area contributed by atoms with Crippen molar-refractivity contribution in [1.82, 2.24) is 10.2 Å². The van der Waals surface area contributed by atoms with Crippen molar-refractivity contribution < 1.29 is 9.90 Å². The fraction of sp³-hybridized carbons (Fsp3) is 0.900. The lowest BCUT2D eigenvalue weighted by Gasteiger charge is -2.51. The molecule has 1 aliphatic heterocycles. The second-order valence-corrected chi connectivity index (χ2v) is 5.13. The molecule has 1 saturated heterocycles. The van der Waals surface area contributed by atoms with Gasteiger partial charge in [0.2, 0.25) is 0 Å². The number of carbonyl (C=O) groups is 1. The Hall–Kier alpha value is -0.770. The minimum atomic E-state index is -0.816. The Morgan fingerprint density at radius 2 is 2.07 bits per heavy atom. The second kappa shape index (κ2) is 3.42. The molecule has 2 N–H and O–H groups in total. The van der Waals surface area contributed by atoms with E-state index in [1.54, 1.807) is 4.90 Å². The van der Waals surface area contributed by atoms with Crippen molar-refractivity contribution in [2.75, 3.05) is 19.6 Å². The van der Waals surface area contributed by atoms with Gasteiger partial charge in [0, 0.05) is 19.6 Å². The third kappa shape index (κ3) is 1.71. The lowest BCUT2D eigenvalue weighted by atomic mass is 9.73. The average molecular weight is 200 g/mol. The molecule has 0 unspecified atom stereocenters. The first-order valence-electron chi connectivity index (χ1n) is 5.00. The number of carboxylic acid groups (broad SMARTS) is 1. The molecule has 4 heteroatoms. The van der Waals surface area contributed by atoms with E-state index in [1.165, 1.54) is 0 Å². The van der Waals surface area contributed by atoms with Crippen LogP contribution in [0.4, 0.5) is 4.79 Å². The Morgan fingerprint density at radius 1 is 1.50 bits per heavy atom. The Balaban J connectivity index is 2.97. The van der Waals surface area contributed by atoms with Gasteiger partial charge in [0.05, 0.1) is 5.54 Å². The topological polar surface area (TPSA) is 52.6 Å². The summed E-state index contributed by atoms with van der Waals surface area (Å²) in [6, 6.07) is 0. The second-order valence-electron chi connectivity index (χ2n) is 5.13. The van der Waals surface area contributed by atoms with Gasteiger partial charge >= 0.3 is 6.09 Å². The number of rotatable bonds is 0. The summed E-state index contributed by atoms with van der Waals surface area (Å²) in [7, 11) is 0. The van der Waals surface area contributed by atoms with E-state index >= 15 is 0 Å². The number of piperazine rings is 1. The molecule has 82 valence electrons. The summed E-state index contributed by atoms with van der Waals surface area (Å²) in [5, 5.41) is 12.4. The minimum Gasteiger partial charge on any atom is -0.465 e. The Morgan fingerprint density at radius 3 is 2.43 bits per heavy atom. The number of nitrogens with zero attached hydrogens (tertiary/aromatic N) is 1. The first kappa shape index (κ1) is 11.3. The molecule has 1 atom stereocenters. The zero-order chi connectivity index (χ0) is 11.0. The fourth-order valence-electron chi connectivity index (χ4n) is 1.84. The van der Waals surface area contributed by atoms with Crippen molar-refractivity contribution in [1.29, 1.82) is 0 Å².